The molecule has 74 valence electrons. The molecule has 0 aliphatic heterocycles. The number of nitrogens with zero attached hydrogens (tertiary/aromatic N) is 1. The van der Waals surface area contributed by atoms with Gasteiger partial charge in [0.1, 0.15) is 6.54 Å². The molecule has 0 rings (SSSR count). The summed E-state index contributed by atoms with van der Waals surface area (Å²) in [7, 11) is 0. The highest BCUT2D eigenvalue weighted by atomic mass is 19.4. The van der Waals surface area contributed by atoms with Gasteiger partial charge >= 0.3 is 12.3 Å². The van der Waals surface area contributed by atoms with Crippen LogP contribution in [0.2, 0.25) is 0 Å². The molecule has 0 aliphatic carbocycles. The maximum Gasteiger partial charge on any atom is 0.407 e. The average molecular weight is 195 g/mol. The van der Waals surface area contributed by atoms with Gasteiger partial charge in [-0.15, -0.1) is 12.3 Å². The summed E-state index contributed by atoms with van der Waals surface area (Å²) in [4.78, 5) is 10.5. The molecule has 6 heteroatoms. The fraction of sp³-hybridized carbons (Fsp3) is 0.571. The van der Waals surface area contributed by atoms with Crippen LogP contribution in [0.15, 0.2) is 0 Å². The molecule has 0 aromatic rings. The van der Waals surface area contributed by atoms with Crippen LogP contribution in [0.5, 0.6) is 0 Å². The summed E-state index contributed by atoms with van der Waals surface area (Å²) in [5, 5.41) is 8.32. The van der Waals surface area contributed by atoms with Crippen molar-refractivity contribution in [3.8, 4) is 12.3 Å². The van der Waals surface area contributed by atoms with Crippen molar-refractivity contribution in [1.82, 2.24) is 4.90 Å². The number of carbonyl (C=O) groups is 1. The smallest absolute Gasteiger partial charge is 0.407 e. The van der Waals surface area contributed by atoms with E-state index in [0.29, 0.717) is 0 Å². The first-order valence-electron chi connectivity index (χ1n) is 3.35. The van der Waals surface area contributed by atoms with Gasteiger partial charge in [-0.3, -0.25) is 4.90 Å². The highest BCUT2D eigenvalue weighted by molar-refractivity contribution is 5.65. The first-order valence-corrected chi connectivity index (χ1v) is 3.35. The Bertz CT molecular complexity index is 219. The van der Waals surface area contributed by atoms with Crippen LogP contribution in [-0.4, -0.2) is 35.4 Å². The number of rotatable bonds is 3. The van der Waals surface area contributed by atoms with Gasteiger partial charge in [0.05, 0.1) is 0 Å². The second-order valence-electron chi connectivity index (χ2n) is 2.27. The zero-order valence-corrected chi connectivity index (χ0v) is 6.64. The van der Waals surface area contributed by atoms with Crippen molar-refractivity contribution in [2.24, 2.45) is 0 Å². The Morgan fingerprint density at radius 1 is 1.54 bits per heavy atom. The van der Waals surface area contributed by atoms with Gasteiger partial charge in [-0.25, -0.2) is 4.79 Å². The van der Waals surface area contributed by atoms with Crippen molar-refractivity contribution in [3.63, 3.8) is 0 Å². The van der Waals surface area contributed by atoms with E-state index in [-0.39, 0.29) is 17.9 Å². The van der Waals surface area contributed by atoms with Gasteiger partial charge in [0.25, 0.3) is 0 Å². The van der Waals surface area contributed by atoms with Gasteiger partial charge in [0, 0.05) is 13.0 Å². The highest BCUT2D eigenvalue weighted by Crippen LogP contribution is 2.16. The summed E-state index contributed by atoms with van der Waals surface area (Å²) in [6, 6.07) is 0. The number of carboxylic acid groups (broad SMARTS) is 1. The third kappa shape index (κ3) is 5.84. The van der Waals surface area contributed by atoms with Gasteiger partial charge in [-0.2, -0.15) is 13.2 Å². The van der Waals surface area contributed by atoms with E-state index in [4.69, 9.17) is 11.5 Å². The van der Waals surface area contributed by atoms with Gasteiger partial charge < -0.3 is 5.11 Å². The predicted octanol–water partition coefficient (Wildman–Crippen LogP) is 1.55. The maximum absolute atomic E-state index is 11.7. The van der Waals surface area contributed by atoms with E-state index in [0.717, 1.165) is 0 Å². The monoisotopic (exact) mass is 195 g/mol. The molecule has 13 heavy (non-hydrogen) atoms. The van der Waals surface area contributed by atoms with Crippen LogP contribution in [0.25, 0.3) is 0 Å². The van der Waals surface area contributed by atoms with E-state index < -0.39 is 18.8 Å². The van der Waals surface area contributed by atoms with E-state index in [2.05, 4.69) is 5.92 Å². The van der Waals surface area contributed by atoms with Crippen molar-refractivity contribution in [3.05, 3.63) is 0 Å². The van der Waals surface area contributed by atoms with Crippen LogP contribution in [-0.2, 0) is 0 Å². The Kier molecular flexibility index (Phi) is 4.11. The van der Waals surface area contributed by atoms with Crippen molar-refractivity contribution in [1.29, 1.82) is 0 Å². The number of amides is 1. The Balaban J connectivity index is 4.12. The van der Waals surface area contributed by atoms with E-state index in [1.807, 2.05) is 0 Å². The fourth-order valence-electron chi connectivity index (χ4n) is 0.658. The van der Waals surface area contributed by atoms with E-state index in [1.54, 1.807) is 0 Å². The lowest BCUT2D eigenvalue weighted by molar-refractivity contribution is -0.141. The zero-order chi connectivity index (χ0) is 10.5. The third-order valence-corrected chi connectivity index (χ3v) is 1.17. The SMILES string of the molecule is C#CCCN(CC(F)(F)F)C(=O)O. The van der Waals surface area contributed by atoms with E-state index in [9.17, 15) is 18.0 Å². The zero-order valence-electron chi connectivity index (χ0n) is 6.64. The van der Waals surface area contributed by atoms with Crippen molar-refractivity contribution >= 4 is 6.09 Å². The largest absolute Gasteiger partial charge is 0.465 e. The summed E-state index contributed by atoms with van der Waals surface area (Å²) in [5.74, 6) is 2.07. The molecule has 3 nitrogen and oxygen atoms in total. The summed E-state index contributed by atoms with van der Waals surface area (Å²) < 4.78 is 35.2. The molecule has 0 saturated heterocycles. The Morgan fingerprint density at radius 2 is 2.08 bits per heavy atom. The Labute approximate surface area is 73.1 Å². The standard InChI is InChI=1S/C7H8F3NO2/c1-2-3-4-11(6(12)13)5-7(8,9)10/h1H,3-5H2,(H,12,13). The summed E-state index contributed by atoms with van der Waals surface area (Å²) >= 11 is 0. The molecular formula is C7H8F3NO2. The summed E-state index contributed by atoms with van der Waals surface area (Å²) in [6.45, 7) is -1.78. The lowest BCUT2D eigenvalue weighted by atomic mass is 10.4. The van der Waals surface area contributed by atoms with Gasteiger partial charge in [0.2, 0.25) is 0 Å². The first kappa shape index (κ1) is 11.6. The molecule has 0 fully saturated rings. The van der Waals surface area contributed by atoms with Crippen LogP contribution >= 0.6 is 0 Å². The fourth-order valence-corrected chi connectivity index (χ4v) is 0.658. The number of terminal acetylenes is 1. The molecule has 0 spiro atoms. The molecule has 0 aliphatic rings. The minimum absolute atomic E-state index is 0.0254. The Hall–Kier alpha value is -1.38. The minimum atomic E-state index is -4.52. The van der Waals surface area contributed by atoms with Gasteiger partial charge in [-0.05, 0) is 0 Å². The predicted molar refractivity (Wildman–Crippen MR) is 39.1 cm³/mol. The number of hydrogen-bond donors (Lipinski definition) is 1. The minimum Gasteiger partial charge on any atom is -0.465 e. The quantitative estimate of drug-likeness (QED) is 0.694. The molecule has 0 atom stereocenters. The van der Waals surface area contributed by atoms with Crippen LogP contribution in [0, 0.1) is 12.3 Å². The van der Waals surface area contributed by atoms with Crippen LogP contribution < -0.4 is 0 Å². The Morgan fingerprint density at radius 3 is 2.38 bits per heavy atom. The molecule has 0 saturated carbocycles. The van der Waals surface area contributed by atoms with E-state index in [1.165, 1.54) is 0 Å². The normalized spacial score (nSPS) is 10.6. The van der Waals surface area contributed by atoms with Crippen molar-refractivity contribution in [2.45, 2.75) is 12.6 Å². The lowest BCUT2D eigenvalue weighted by Gasteiger charge is -2.19. The molecule has 0 heterocycles. The average Bonchev–Trinajstić information content (AvgIpc) is 1.95. The molecule has 1 amide bonds. The number of alkyl halides is 3. The summed E-state index contributed by atoms with van der Waals surface area (Å²) in [5.41, 5.74) is 0. The lowest BCUT2D eigenvalue weighted by Crippen LogP contribution is -2.38. The molecule has 0 aromatic heterocycles. The topological polar surface area (TPSA) is 40.5 Å². The second-order valence-corrected chi connectivity index (χ2v) is 2.27. The highest BCUT2D eigenvalue weighted by Gasteiger charge is 2.32. The molecule has 0 unspecified atom stereocenters. The maximum atomic E-state index is 11.7. The first-order chi connectivity index (χ1) is 5.87. The molecular weight excluding hydrogens is 187 g/mol. The third-order valence-electron chi connectivity index (χ3n) is 1.17. The van der Waals surface area contributed by atoms with Crippen LogP contribution in [0.3, 0.4) is 0 Å². The van der Waals surface area contributed by atoms with Crippen molar-refractivity contribution < 1.29 is 23.1 Å². The van der Waals surface area contributed by atoms with Gasteiger partial charge in [-0.1, -0.05) is 0 Å². The number of halogens is 3. The molecule has 0 aromatic carbocycles. The molecule has 1 N–H and O–H groups in total. The van der Waals surface area contributed by atoms with Crippen LogP contribution in [0.4, 0.5) is 18.0 Å². The van der Waals surface area contributed by atoms with E-state index >= 15 is 0 Å². The van der Waals surface area contributed by atoms with Crippen LogP contribution in [0.1, 0.15) is 6.42 Å². The van der Waals surface area contributed by atoms with Crippen molar-refractivity contribution in [2.75, 3.05) is 13.1 Å². The molecule has 0 radical (unpaired) electrons. The molecule has 0 bridgehead atoms. The van der Waals surface area contributed by atoms with Gasteiger partial charge in [0.15, 0.2) is 0 Å². The second kappa shape index (κ2) is 4.60. The number of hydrogen-bond acceptors (Lipinski definition) is 1. The summed E-state index contributed by atoms with van der Waals surface area (Å²) in [6.07, 6.45) is -1.37.